The molecule has 0 aromatic heterocycles. The highest BCUT2D eigenvalue weighted by Crippen LogP contribution is 2.19. The average Bonchev–Trinajstić information content (AvgIpc) is 2.55. The van der Waals surface area contributed by atoms with Crippen molar-refractivity contribution in [2.24, 2.45) is 0 Å². The fourth-order valence-corrected chi connectivity index (χ4v) is 2.71. The Bertz CT molecular complexity index is 649. The minimum atomic E-state index is -0.412. The molecule has 0 saturated carbocycles. The Balaban J connectivity index is 1.81. The minimum Gasteiger partial charge on any atom is -0.375 e. The Morgan fingerprint density at radius 3 is 2.57 bits per heavy atom. The van der Waals surface area contributed by atoms with Crippen molar-refractivity contribution in [3.05, 3.63) is 65.7 Å². The van der Waals surface area contributed by atoms with Crippen LogP contribution in [0.15, 0.2) is 53.4 Å². The van der Waals surface area contributed by atoms with Crippen LogP contribution in [0.1, 0.15) is 11.7 Å². The summed E-state index contributed by atoms with van der Waals surface area (Å²) in [5.74, 6) is -0.608. The van der Waals surface area contributed by atoms with Crippen LogP contribution < -0.4 is 5.32 Å². The van der Waals surface area contributed by atoms with Crippen molar-refractivity contribution in [3.63, 3.8) is 0 Å². The molecule has 122 valence electrons. The second kappa shape index (κ2) is 8.64. The molecule has 0 aliphatic rings. The SMILES string of the molecule is COC(CNC(=O)CSc1ccc(F)cc1)c1cccc(F)c1. The number of hydrogen-bond donors (Lipinski definition) is 1. The van der Waals surface area contributed by atoms with Crippen LogP contribution in [0.25, 0.3) is 0 Å². The third-order valence-corrected chi connectivity index (χ3v) is 4.19. The van der Waals surface area contributed by atoms with Gasteiger partial charge in [-0.05, 0) is 42.0 Å². The normalized spacial score (nSPS) is 12.0. The monoisotopic (exact) mass is 337 g/mol. The number of thioether (sulfide) groups is 1. The molecular formula is C17H17F2NO2S. The zero-order valence-corrected chi connectivity index (χ0v) is 13.4. The van der Waals surface area contributed by atoms with Crippen LogP contribution in [-0.4, -0.2) is 25.3 Å². The highest BCUT2D eigenvalue weighted by molar-refractivity contribution is 8.00. The van der Waals surface area contributed by atoms with Crippen molar-refractivity contribution in [3.8, 4) is 0 Å². The molecule has 0 radical (unpaired) electrons. The van der Waals surface area contributed by atoms with E-state index in [4.69, 9.17) is 4.74 Å². The lowest BCUT2D eigenvalue weighted by Gasteiger charge is -2.16. The third kappa shape index (κ3) is 5.65. The number of carbonyl (C=O) groups is 1. The summed E-state index contributed by atoms with van der Waals surface area (Å²) in [4.78, 5) is 12.7. The second-order valence-corrected chi connectivity index (χ2v) is 5.87. The Morgan fingerprint density at radius 2 is 1.91 bits per heavy atom. The zero-order chi connectivity index (χ0) is 16.7. The lowest BCUT2D eigenvalue weighted by Crippen LogP contribution is -2.30. The van der Waals surface area contributed by atoms with Gasteiger partial charge in [-0.2, -0.15) is 0 Å². The zero-order valence-electron chi connectivity index (χ0n) is 12.6. The molecule has 0 fully saturated rings. The second-order valence-electron chi connectivity index (χ2n) is 4.83. The molecule has 1 atom stereocenters. The number of amides is 1. The molecule has 2 rings (SSSR count). The van der Waals surface area contributed by atoms with Gasteiger partial charge in [0.05, 0.1) is 11.9 Å². The molecule has 0 spiro atoms. The fraction of sp³-hybridized carbons (Fsp3) is 0.235. The summed E-state index contributed by atoms with van der Waals surface area (Å²) in [6, 6.07) is 12.0. The molecule has 0 saturated heterocycles. The topological polar surface area (TPSA) is 38.3 Å². The van der Waals surface area contributed by atoms with E-state index in [1.165, 1.54) is 43.1 Å². The number of halogens is 2. The number of methoxy groups -OCH3 is 1. The average molecular weight is 337 g/mol. The van der Waals surface area contributed by atoms with Crippen molar-refractivity contribution in [2.45, 2.75) is 11.0 Å². The van der Waals surface area contributed by atoms with E-state index in [1.807, 2.05) is 0 Å². The molecular weight excluding hydrogens is 320 g/mol. The van der Waals surface area contributed by atoms with Gasteiger partial charge in [-0.15, -0.1) is 11.8 Å². The van der Waals surface area contributed by atoms with Crippen LogP contribution in [0.2, 0.25) is 0 Å². The summed E-state index contributed by atoms with van der Waals surface area (Å²) in [7, 11) is 1.51. The van der Waals surface area contributed by atoms with E-state index in [2.05, 4.69) is 5.32 Å². The molecule has 6 heteroatoms. The fourth-order valence-electron chi connectivity index (χ4n) is 1.98. The highest BCUT2D eigenvalue weighted by Gasteiger charge is 2.13. The van der Waals surface area contributed by atoms with E-state index >= 15 is 0 Å². The van der Waals surface area contributed by atoms with E-state index in [0.717, 1.165) is 4.90 Å². The molecule has 0 heterocycles. The Morgan fingerprint density at radius 1 is 1.17 bits per heavy atom. The van der Waals surface area contributed by atoms with E-state index in [-0.39, 0.29) is 29.8 Å². The minimum absolute atomic E-state index is 0.169. The van der Waals surface area contributed by atoms with Crippen LogP contribution in [0, 0.1) is 11.6 Å². The molecule has 0 aliphatic heterocycles. The van der Waals surface area contributed by atoms with E-state index in [9.17, 15) is 13.6 Å². The Kier molecular flexibility index (Phi) is 6.55. The predicted octanol–water partition coefficient (Wildman–Crippen LogP) is 3.56. The summed E-state index contributed by atoms with van der Waals surface area (Å²) in [6.45, 7) is 0.253. The first-order chi connectivity index (χ1) is 11.1. The first-order valence-corrected chi connectivity index (χ1v) is 8.00. The van der Waals surface area contributed by atoms with Crippen molar-refractivity contribution in [2.75, 3.05) is 19.4 Å². The van der Waals surface area contributed by atoms with Gasteiger partial charge in [0, 0.05) is 18.6 Å². The van der Waals surface area contributed by atoms with Crippen LogP contribution in [0.4, 0.5) is 8.78 Å². The number of benzene rings is 2. The predicted molar refractivity (Wildman–Crippen MR) is 86.3 cm³/mol. The molecule has 1 unspecified atom stereocenters. The maximum atomic E-state index is 13.2. The number of nitrogens with one attached hydrogen (secondary N) is 1. The van der Waals surface area contributed by atoms with Gasteiger partial charge in [0.1, 0.15) is 11.6 Å². The highest BCUT2D eigenvalue weighted by atomic mass is 32.2. The molecule has 0 bridgehead atoms. The van der Waals surface area contributed by atoms with Crippen molar-refractivity contribution < 1.29 is 18.3 Å². The maximum Gasteiger partial charge on any atom is 0.230 e. The molecule has 2 aromatic rings. The van der Waals surface area contributed by atoms with Gasteiger partial charge in [-0.1, -0.05) is 12.1 Å². The van der Waals surface area contributed by atoms with Gasteiger partial charge < -0.3 is 10.1 Å². The van der Waals surface area contributed by atoms with Crippen LogP contribution in [-0.2, 0) is 9.53 Å². The van der Waals surface area contributed by atoms with Gasteiger partial charge in [0.15, 0.2) is 0 Å². The van der Waals surface area contributed by atoms with Crippen molar-refractivity contribution in [1.29, 1.82) is 0 Å². The van der Waals surface area contributed by atoms with Crippen LogP contribution >= 0.6 is 11.8 Å². The van der Waals surface area contributed by atoms with Crippen molar-refractivity contribution in [1.82, 2.24) is 5.32 Å². The molecule has 0 aliphatic carbocycles. The van der Waals surface area contributed by atoms with E-state index in [0.29, 0.717) is 5.56 Å². The largest absolute Gasteiger partial charge is 0.375 e. The summed E-state index contributed by atoms with van der Waals surface area (Å²) < 4.78 is 31.3. The van der Waals surface area contributed by atoms with Gasteiger partial charge in [-0.25, -0.2) is 8.78 Å². The summed E-state index contributed by atoms with van der Waals surface area (Å²) >= 11 is 1.32. The Labute approximate surface area is 138 Å². The van der Waals surface area contributed by atoms with Crippen LogP contribution in [0.5, 0.6) is 0 Å². The van der Waals surface area contributed by atoms with E-state index in [1.54, 1.807) is 24.3 Å². The summed E-state index contributed by atoms with van der Waals surface area (Å²) in [5, 5.41) is 2.75. The number of ether oxygens (including phenoxy) is 1. The van der Waals surface area contributed by atoms with Crippen molar-refractivity contribution >= 4 is 17.7 Å². The first-order valence-electron chi connectivity index (χ1n) is 7.02. The number of rotatable bonds is 7. The standard InChI is InChI=1S/C17H17F2NO2S/c1-22-16(12-3-2-4-14(19)9-12)10-20-17(21)11-23-15-7-5-13(18)6-8-15/h2-9,16H,10-11H2,1H3,(H,20,21). The molecule has 1 N–H and O–H groups in total. The smallest absolute Gasteiger partial charge is 0.230 e. The molecule has 23 heavy (non-hydrogen) atoms. The number of carbonyl (C=O) groups excluding carboxylic acids is 1. The lowest BCUT2D eigenvalue weighted by molar-refractivity contribution is -0.119. The summed E-state index contributed by atoms with van der Waals surface area (Å²) in [5.41, 5.74) is 0.666. The first kappa shape index (κ1) is 17.4. The molecule has 2 aromatic carbocycles. The third-order valence-electron chi connectivity index (χ3n) is 3.17. The van der Waals surface area contributed by atoms with Gasteiger partial charge >= 0.3 is 0 Å². The quantitative estimate of drug-likeness (QED) is 0.785. The summed E-state index contributed by atoms with van der Waals surface area (Å²) in [6.07, 6.45) is -0.412. The van der Waals surface area contributed by atoms with E-state index < -0.39 is 6.10 Å². The van der Waals surface area contributed by atoms with Gasteiger partial charge in [-0.3, -0.25) is 4.79 Å². The lowest BCUT2D eigenvalue weighted by atomic mass is 10.1. The number of hydrogen-bond acceptors (Lipinski definition) is 3. The van der Waals surface area contributed by atoms with Gasteiger partial charge in [0.25, 0.3) is 0 Å². The van der Waals surface area contributed by atoms with Gasteiger partial charge in [0.2, 0.25) is 5.91 Å². The molecule has 1 amide bonds. The molecule has 3 nitrogen and oxygen atoms in total. The Hall–Kier alpha value is -1.92. The maximum absolute atomic E-state index is 13.2. The van der Waals surface area contributed by atoms with Crippen LogP contribution in [0.3, 0.4) is 0 Å².